The highest BCUT2D eigenvalue weighted by atomic mass is 35.5. The second-order valence-corrected chi connectivity index (χ2v) is 4.16. The first-order chi connectivity index (χ1) is 8.19. The number of hydrogen-bond acceptors (Lipinski definition) is 3. The normalized spacial score (nSPS) is 12.7. The summed E-state index contributed by atoms with van der Waals surface area (Å²) in [7, 11) is 0. The predicted molar refractivity (Wildman–Crippen MR) is 67.2 cm³/mol. The van der Waals surface area contributed by atoms with Crippen LogP contribution in [-0.4, -0.2) is 13.2 Å². The highest BCUT2D eigenvalue weighted by Gasteiger charge is 2.14. The average Bonchev–Trinajstić information content (AvgIpc) is 2.31. The minimum atomic E-state index is -0.336. The third-order valence-corrected chi connectivity index (χ3v) is 2.76. The molecule has 1 atom stereocenters. The first-order valence-electron chi connectivity index (χ1n) is 5.67. The lowest BCUT2D eigenvalue weighted by Crippen LogP contribution is -2.29. The van der Waals surface area contributed by atoms with E-state index in [1.165, 1.54) is 6.07 Å². The number of halogens is 2. The van der Waals surface area contributed by atoms with Crippen molar-refractivity contribution in [3.05, 3.63) is 34.6 Å². The van der Waals surface area contributed by atoms with E-state index in [-0.39, 0.29) is 11.9 Å². The summed E-state index contributed by atoms with van der Waals surface area (Å²) in [5.74, 6) is 5.10. The Hall–Kier alpha value is -0.680. The number of benzene rings is 1. The van der Waals surface area contributed by atoms with Gasteiger partial charge in [-0.15, -0.1) is 0 Å². The van der Waals surface area contributed by atoms with E-state index in [1.807, 2.05) is 6.92 Å². The summed E-state index contributed by atoms with van der Waals surface area (Å²) in [5, 5.41) is 0.385. The largest absolute Gasteiger partial charge is 0.382 e. The molecule has 0 heterocycles. The Balaban J connectivity index is 2.59. The summed E-state index contributed by atoms with van der Waals surface area (Å²) in [6.07, 6.45) is 1.54. The summed E-state index contributed by atoms with van der Waals surface area (Å²) in [6.45, 7) is 3.29. The van der Waals surface area contributed by atoms with E-state index in [2.05, 4.69) is 5.43 Å². The van der Waals surface area contributed by atoms with Crippen LogP contribution in [0.4, 0.5) is 4.39 Å². The van der Waals surface area contributed by atoms with Crippen molar-refractivity contribution in [2.75, 3.05) is 13.2 Å². The third-order valence-electron chi connectivity index (χ3n) is 2.52. The lowest BCUT2D eigenvalue weighted by molar-refractivity contribution is 0.140. The van der Waals surface area contributed by atoms with Gasteiger partial charge in [0.25, 0.3) is 0 Å². The average molecular weight is 261 g/mol. The number of hydrogen-bond donors (Lipinski definition) is 2. The number of rotatable bonds is 7. The zero-order valence-corrected chi connectivity index (χ0v) is 10.6. The first-order valence-corrected chi connectivity index (χ1v) is 6.05. The fourth-order valence-electron chi connectivity index (χ4n) is 1.65. The molecule has 0 radical (unpaired) electrons. The van der Waals surface area contributed by atoms with E-state index in [1.54, 1.807) is 12.1 Å². The summed E-state index contributed by atoms with van der Waals surface area (Å²) in [5.41, 5.74) is 3.15. The van der Waals surface area contributed by atoms with Crippen LogP contribution < -0.4 is 11.3 Å². The van der Waals surface area contributed by atoms with Crippen LogP contribution in [0.5, 0.6) is 0 Å². The predicted octanol–water partition coefficient (Wildman–Crippen LogP) is 2.80. The molecule has 1 aromatic rings. The Morgan fingerprint density at radius 1 is 1.53 bits per heavy atom. The van der Waals surface area contributed by atoms with Crippen LogP contribution in [0.2, 0.25) is 5.02 Å². The molecule has 1 rings (SSSR count). The van der Waals surface area contributed by atoms with Gasteiger partial charge in [-0.1, -0.05) is 17.7 Å². The maximum Gasteiger partial charge on any atom is 0.129 e. The van der Waals surface area contributed by atoms with Crippen LogP contribution >= 0.6 is 11.6 Å². The van der Waals surface area contributed by atoms with Crippen molar-refractivity contribution >= 4 is 11.6 Å². The highest BCUT2D eigenvalue weighted by molar-refractivity contribution is 6.30. The van der Waals surface area contributed by atoms with E-state index >= 15 is 0 Å². The van der Waals surface area contributed by atoms with Gasteiger partial charge in [-0.05, 0) is 31.9 Å². The van der Waals surface area contributed by atoms with Crippen molar-refractivity contribution in [1.82, 2.24) is 5.43 Å². The summed E-state index contributed by atoms with van der Waals surface area (Å²) in [4.78, 5) is 0. The fourth-order valence-corrected chi connectivity index (χ4v) is 1.81. The molecule has 0 saturated carbocycles. The van der Waals surface area contributed by atoms with Crippen molar-refractivity contribution in [2.45, 2.75) is 25.8 Å². The van der Waals surface area contributed by atoms with Crippen molar-refractivity contribution in [3.63, 3.8) is 0 Å². The van der Waals surface area contributed by atoms with Crippen LogP contribution in [0.25, 0.3) is 0 Å². The molecule has 3 nitrogen and oxygen atoms in total. The summed E-state index contributed by atoms with van der Waals surface area (Å²) >= 11 is 5.70. The monoisotopic (exact) mass is 260 g/mol. The molecule has 0 spiro atoms. The molecule has 0 aromatic heterocycles. The Kier molecular flexibility index (Phi) is 6.44. The molecule has 5 heteroatoms. The standard InChI is InChI=1S/C12H18ClFN2O/c1-2-17-7-3-4-12(16-15)10-6-5-9(13)8-11(10)14/h5-6,8,12,16H,2-4,7,15H2,1H3. The van der Waals surface area contributed by atoms with Gasteiger partial charge >= 0.3 is 0 Å². The number of ether oxygens (including phenoxy) is 1. The topological polar surface area (TPSA) is 47.3 Å². The van der Waals surface area contributed by atoms with Gasteiger partial charge in [0.2, 0.25) is 0 Å². The Morgan fingerprint density at radius 2 is 2.29 bits per heavy atom. The molecule has 1 unspecified atom stereocenters. The van der Waals surface area contributed by atoms with Crippen molar-refractivity contribution < 1.29 is 9.13 Å². The van der Waals surface area contributed by atoms with E-state index in [0.29, 0.717) is 23.8 Å². The fraction of sp³-hybridized carbons (Fsp3) is 0.500. The van der Waals surface area contributed by atoms with Crippen LogP contribution in [0.3, 0.4) is 0 Å². The maximum absolute atomic E-state index is 13.7. The van der Waals surface area contributed by atoms with Gasteiger partial charge in [0.05, 0.1) is 0 Å². The number of hydrazine groups is 1. The van der Waals surface area contributed by atoms with Crippen LogP contribution in [0, 0.1) is 5.82 Å². The van der Waals surface area contributed by atoms with Crippen molar-refractivity contribution in [3.8, 4) is 0 Å². The van der Waals surface area contributed by atoms with Gasteiger partial charge in [-0.25, -0.2) is 4.39 Å². The van der Waals surface area contributed by atoms with Crippen molar-refractivity contribution in [2.24, 2.45) is 5.84 Å². The lowest BCUT2D eigenvalue weighted by atomic mass is 10.0. The molecular formula is C12H18ClFN2O. The van der Waals surface area contributed by atoms with E-state index in [9.17, 15) is 4.39 Å². The molecule has 0 aliphatic carbocycles. The maximum atomic E-state index is 13.7. The smallest absolute Gasteiger partial charge is 0.129 e. The molecule has 96 valence electrons. The molecular weight excluding hydrogens is 243 g/mol. The van der Waals surface area contributed by atoms with Crippen molar-refractivity contribution in [1.29, 1.82) is 0 Å². The molecule has 0 aliphatic rings. The zero-order valence-electron chi connectivity index (χ0n) is 9.88. The Bertz CT molecular complexity index is 349. The molecule has 0 saturated heterocycles. The van der Waals surface area contributed by atoms with Gasteiger partial charge in [0, 0.05) is 29.8 Å². The van der Waals surface area contributed by atoms with Gasteiger partial charge in [0.15, 0.2) is 0 Å². The zero-order chi connectivity index (χ0) is 12.7. The van der Waals surface area contributed by atoms with E-state index in [0.717, 1.165) is 12.8 Å². The number of nitrogens with two attached hydrogens (primary N) is 1. The Labute approximate surface area is 106 Å². The molecule has 0 fully saturated rings. The van der Waals surface area contributed by atoms with Gasteiger partial charge < -0.3 is 4.74 Å². The summed E-state index contributed by atoms with van der Waals surface area (Å²) < 4.78 is 18.9. The van der Waals surface area contributed by atoms with E-state index < -0.39 is 0 Å². The third kappa shape index (κ3) is 4.60. The first kappa shape index (κ1) is 14.4. The SMILES string of the molecule is CCOCCCC(NN)c1ccc(Cl)cc1F. The second-order valence-electron chi connectivity index (χ2n) is 3.72. The van der Waals surface area contributed by atoms with Gasteiger partial charge in [-0.2, -0.15) is 0 Å². The molecule has 3 N–H and O–H groups in total. The van der Waals surface area contributed by atoms with Crippen LogP contribution in [0.1, 0.15) is 31.4 Å². The van der Waals surface area contributed by atoms with Gasteiger partial charge in [-0.3, -0.25) is 11.3 Å². The van der Waals surface area contributed by atoms with Crippen LogP contribution in [0.15, 0.2) is 18.2 Å². The molecule has 0 bridgehead atoms. The molecule has 1 aromatic carbocycles. The van der Waals surface area contributed by atoms with Gasteiger partial charge in [0.1, 0.15) is 5.82 Å². The Morgan fingerprint density at radius 3 is 2.88 bits per heavy atom. The summed E-state index contributed by atoms with van der Waals surface area (Å²) in [6, 6.07) is 4.40. The molecule has 0 amide bonds. The molecule has 0 aliphatic heterocycles. The quantitative estimate of drug-likeness (QED) is 0.450. The number of nitrogens with one attached hydrogen (secondary N) is 1. The van der Waals surface area contributed by atoms with Crippen LogP contribution in [-0.2, 0) is 4.74 Å². The highest BCUT2D eigenvalue weighted by Crippen LogP contribution is 2.23. The second kappa shape index (κ2) is 7.61. The minimum absolute atomic E-state index is 0.215. The minimum Gasteiger partial charge on any atom is -0.382 e. The van der Waals surface area contributed by atoms with E-state index in [4.69, 9.17) is 22.2 Å². The molecule has 17 heavy (non-hydrogen) atoms. The lowest BCUT2D eigenvalue weighted by Gasteiger charge is -2.17.